The molecule has 4 nitrogen and oxygen atoms in total. The molecular formula is C13H13ClN2O2. The lowest BCUT2D eigenvalue weighted by molar-refractivity contribution is -0.596. The van der Waals surface area contributed by atoms with Crippen LogP contribution in [0.3, 0.4) is 0 Å². The summed E-state index contributed by atoms with van der Waals surface area (Å²) < 4.78 is 7.13. The normalized spacial score (nSPS) is 9.39. The van der Waals surface area contributed by atoms with Crippen molar-refractivity contribution in [1.82, 2.24) is 0 Å². The molecule has 0 saturated heterocycles. The molecule has 2 N–H and O–H groups in total. The van der Waals surface area contributed by atoms with E-state index in [9.17, 15) is 4.79 Å². The number of carbonyl (C=O) groups is 1. The van der Waals surface area contributed by atoms with Crippen molar-refractivity contribution in [2.75, 3.05) is 7.11 Å². The van der Waals surface area contributed by atoms with E-state index in [-0.39, 0.29) is 12.4 Å². The van der Waals surface area contributed by atoms with E-state index in [1.165, 1.54) is 0 Å². The van der Waals surface area contributed by atoms with E-state index in [1.54, 1.807) is 31.6 Å². The van der Waals surface area contributed by atoms with E-state index >= 15 is 0 Å². The lowest BCUT2D eigenvalue weighted by Crippen LogP contribution is -3.00. The summed E-state index contributed by atoms with van der Waals surface area (Å²) >= 11 is 0. The van der Waals surface area contributed by atoms with Crippen molar-refractivity contribution >= 4 is 5.91 Å². The van der Waals surface area contributed by atoms with Gasteiger partial charge in [-0.3, -0.25) is 4.79 Å². The van der Waals surface area contributed by atoms with Gasteiger partial charge < -0.3 is 22.9 Å². The molecule has 18 heavy (non-hydrogen) atoms. The minimum atomic E-state index is -0.433. The molecule has 94 valence electrons. The fourth-order valence-electron chi connectivity index (χ4n) is 1.59. The molecule has 2 rings (SSSR count). The lowest BCUT2D eigenvalue weighted by Gasteiger charge is -2.02. The fraction of sp³-hybridized carbons (Fsp3) is 0.0769. The van der Waals surface area contributed by atoms with Crippen LogP contribution in [0.1, 0.15) is 10.4 Å². The highest BCUT2D eigenvalue weighted by Crippen LogP contribution is 2.16. The second kappa shape index (κ2) is 6.02. The Morgan fingerprint density at radius 1 is 1.17 bits per heavy atom. The maximum Gasteiger partial charge on any atom is 0.252 e. The number of carbonyl (C=O) groups excluding carboxylic acids is 1. The average Bonchev–Trinajstić information content (AvgIpc) is 2.39. The van der Waals surface area contributed by atoms with E-state index in [1.807, 2.05) is 28.8 Å². The zero-order valence-electron chi connectivity index (χ0n) is 9.84. The van der Waals surface area contributed by atoms with Crippen LogP contribution in [0.15, 0.2) is 48.8 Å². The van der Waals surface area contributed by atoms with Crippen molar-refractivity contribution in [2.45, 2.75) is 0 Å². The third-order valence-corrected chi connectivity index (χ3v) is 2.48. The number of nitrogens with two attached hydrogens (primary N) is 1. The van der Waals surface area contributed by atoms with Gasteiger partial charge in [0.15, 0.2) is 18.1 Å². The summed E-state index contributed by atoms with van der Waals surface area (Å²) in [5.41, 5.74) is 6.58. The molecule has 0 unspecified atom stereocenters. The quantitative estimate of drug-likeness (QED) is 0.657. The summed E-state index contributed by atoms with van der Waals surface area (Å²) in [6, 6.07) is 11.0. The molecule has 1 aromatic heterocycles. The summed E-state index contributed by atoms with van der Waals surface area (Å²) in [5.74, 6) is 0.335. The van der Waals surface area contributed by atoms with Gasteiger partial charge in [-0.15, -0.1) is 0 Å². The Bertz CT molecular complexity index is 541. The number of aromatic nitrogens is 1. The number of hydrogen-bond acceptors (Lipinski definition) is 2. The van der Waals surface area contributed by atoms with Crippen LogP contribution in [0.5, 0.6) is 5.75 Å². The van der Waals surface area contributed by atoms with Gasteiger partial charge in [-0.2, -0.15) is 4.57 Å². The van der Waals surface area contributed by atoms with Gasteiger partial charge in [0, 0.05) is 18.2 Å². The van der Waals surface area contributed by atoms with Crippen LogP contribution >= 0.6 is 0 Å². The fourth-order valence-corrected chi connectivity index (χ4v) is 1.59. The average molecular weight is 265 g/mol. The molecule has 0 aliphatic heterocycles. The number of primary amides is 1. The van der Waals surface area contributed by atoms with E-state index in [2.05, 4.69) is 0 Å². The number of nitrogens with zero attached hydrogens (tertiary/aromatic N) is 1. The second-order valence-corrected chi connectivity index (χ2v) is 3.53. The number of pyridine rings is 1. The first kappa shape index (κ1) is 14.0. The summed E-state index contributed by atoms with van der Waals surface area (Å²) in [7, 11) is 1.62. The number of para-hydroxylation sites is 2. The molecule has 2 aromatic rings. The number of rotatable bonds is 3. The minimum absolute atomic E-state index is 0. The molecule has 0 aliphatic rings. The zero-order chi connectivity index (χ0) is 12.3. The molecule has 5 heteroatoms. The third kappa shape index (κ3) is 2.78. The molecule has 0 atom stereocenters. The molecule has 0 saturated carbocycles. The SMILES string of the molecule is COc1ccccc1-[n+]1ccc(C(N)=O)cc1.[Cl-]. The van der Waals surface area contributed by atoms with Crippen LogP contribution in [0, 0.1) is 0 Å². The van der Waals surface area contributed by atoms with Crippen LogP contribution in [0.4, 0.5) is 0 Å². The van der Waals surface area contributed by atoms with E-state index in [4.69, 9.17) is 10.5 Å². The van der Waals surface area contributed by atoms with Gasteiger partial charge in [-0.05, 0) is 6.07 Å². The van der Waals surface area contributed by atoms with E-state index < -0.39 is 5.91 Å². The highest BCUT2D eigenvalue weighted by molar-refractivity contribution is 5.92. The molecule has 0 spiro atoms. The predicted octanol–water partition coefficient (Wildman–Crippen LogP) is -1.93. The Morgan fingerprint density at radius 3 is 2.33 bits per heavy atom. The molecule has 0 bridgehead atoms. The highest BCUT2D eigenvalue weighted by atomic mass is 35.5. The smallest absolute Gasteiger partial charge is 0.252 e. The number of methoxy groups -OCH3 is 1. The number of amides is 1. The maximum atomic E-state index is 11.0. The molecular weight excluding hydrogens is 252 g/mol. The van der Waals surface area contributed by atoms with Gasteiger partial charge in [0.05, 0.1) is 12.7 Å². The topological polar surface area (TPSA) is 56.2 Å². The predicted molar refractivity (Wildman–Crippen MR) is 63.0 cm³/mol. The summed E-state index contributed by atoms with van der Waals surface area (Å²) in [6.45, 7) is 0. The Labute approximate surface area is 111 Å². The van der Waals surface area contributed by atoms with E-state index in [0.29, 0.717) is 5.56 Å². The van der Waals surface area contributed by atoms with Crippen LogP contribution in [-0.2, 0) is 0 Å². The minimum Gasteiger partial charge on any atom is -1.00 e. The van der Waals surface area contributed by atoms with Crippen LogP contribution < -0.4 is 27.4 Å². The van der Waals surface area contributed by atoms with Crippen molar-refractivity contribution < 1.29 is 26.5 Å². The van der Waals surface area contributed by atoms with Crippen molar-refractivity contribution in [3.05, 3.63) is 54.4 Å². The Balaban J connectivity index is 0.00000162. The van der Waals surface area contributed by atoms with Gasteiger partial charge in [0.2, 0.25) is 5.91 Å². The Morgan fingerprint density at radius 2 is 1.78 bits per heavy atom. The Kier molecular flexibility index (Phi) is 4.68. The molecule has 0 radical (unpaired) electrons. The molecule has 1 aromatic carbocycles. The highest BCUT2D eigenvalue weighted by Gasteiger charge is 2.12. The van der Waals surface area contributed by atoms with Crippen molar-refractivity contribution in [1.29, 1.82) is 0 Å². The molecule has 1 heterocycles. The van der Waals surface area contributed by atoms with Crippen LogP contribution in [0.2, 0.25) is 0 Å². The lowest BCUT2D eigenvalue weighted by atomic mass is 10.2. The largest absolute Gasteiger partial charge is 1.00 e. The van der Waals surface area contributed by atoms with Gasteiger partial charge in [0.1, 0.15) is 0 Å². The first-order valence-corrected chi connectivity index (χ1v) is 5.17. The summed E-state index contributed by atoms with van der Waals surface area (Å²) in [4.78, 5) is 11.0. The maximum absolute atomic E-state index is 11.0. The first-order chi connectivity index (χ1) is 8.22. The number of ether oxygens (including phenoxy) is 1. The standard InChI is InChI=1S/C13H12N2O2.ClH/c1-17-12-5-3-2-4-11(12)15-8-6-10(7-9-15)13(14)16;/h2-9H,1H3,(H-,14,16);1H. The van der Waals surface area contributed by atoms with Gasteiger partial charge >= 0.3 is 0 Å². The second-order valence-electron chi connectivity index (χ2n) is 3.53. The molecule has 1 amide bonds. The van der Waals surface area contributed by atoms with Gasteiger partial charge in [0.25, 0.3) is 5.69 Å². The van der Waals surface area contributed by atoms with Crippen molar-refractivity contribution in [3.8, 4) is 11.4 Å². The van der Waals surface area contributed by atoms with Crippen LogP contribution in [-0.4, -0.2) is 13.0 Å². The van der Waals surface area contributed by atoms with Crippen molar-refractivity contribution in [2.24, 2.45) is 5.73 Å². The number of halogens is 1. The molecule has 0 aliphatic carbocycles. The number of hydrogen-bond donors (Lipinski definition) is 1. The zero-order valence-corrected chi connectivity index (χ0v) is 10.6. The first-order valence-electron chi connectivity index (χ1n) is 5.17. The van der Waals surface area contributed by atoms with Gasteiger partial charge in [-0.25, -0.2) is 0 Å². The van der Waals surface area contributed by atoms with Crippen LogP contribution in [0.25, 0.3) is 5.69 Å². The summed E-state index contributed by atoms with van der Waals surface area (Å²) in [6.07, 6.45) is 3.55. The number of benzene rings is 1. The molecule has 0 fully saturated rings. The monoisotopic (exact) mass is 264 g/mol. The van der Waals surface area contributed by atoms with Gasteiger partial charge in [-0.1, -0.05) is 12.1 Å². The van der Waals surface area contributed by atoms with E-state index in [0.717, 1.165) is 11.4 Å². The summed E-state index contributed by atoms with van der Waals surface area (Å²) in [5, 5.41) is 0. The third-order valence-electron chi connectivity index (χ3n) is 2.48. The van der Waals surface area contributed by atoms with Crippen molar-refractivity contribution in [3.63, 3.8) is 0 Å². The Hall–Kier alpha value is -2.07.